The van der Waals surface area contributed by atoms with E-state index in [1.165, 1.54) is 25.7 Å². The number of carbonyl (C=O) groups is 1. The lowest BCUT2D eigenvalue weighted by atomic mass is 10.0. The number of hydrogen-bond acceptors (Lipinski definition) is 6. The number of unbranched alkanes of at least 4 members (excludes halogenated alkanes) is 8. The van der Waals surface area contributed by atoms with Gasteiger partial charge in [-0.2, -0.15) is 0 Å². The predicted octanol–water partition coefficient (Wildman–Crippen LogP) is 3.34. The summed E-state index contributed by atoms with van der Waals surface area (Å²) < 4.78 is 4.77. The molecule has 6 nitrogen and oxygen atoms in total. The van der Waals surface area contributed by atoms with Gasteiger partial charge in [0.2, 0.25) is 6.29 Å². The molecule has 28 heavy (non-hydrogen) atoms. The SMILES string of the molecule is CCCCC/C=C\C/C=C\CCCCCCCC(=O)OC(O)C(N)(CO)CO. The van der Waals surface area contributed by atoms with Crippen molar-refractivity contribution in [2.24, 2.45) is 5.73 Å². The molecule has 0 radical (unpaired) electrons. The molecule has 0 rings (SSSR count). The topological polar surface area (TPSA) is 113 Å². The Hall–Kier alpha value is -1.21. The third-order valence-electron chi connectivity index (χ3n) is 4.66. The second-order valence-electron chi connectivity index (χ2n) is 7.37. The standard InChI is InChI=1S/C22H41NO5/c1-2-3-4-5-6-7-8-9-10-11-12-13-14-15-16-17-20(26)28-21(27)22(23,18-24)19-25/h6-7,9-10,21,24-25,27H,2-5,8,11-19,23H2,1H3/b7-6-,10-9-. The fourth-order valence-corrected chi connectivity index (χ4v) is 2.59. The number of ether oxygens (including phenoxy) is 1. The molecular weight excluding hydrogens is 358 g/mol. The molecule has 0 saturated heterocycles. The summed E-state index contributed by atoms with van der Waals surface area (Å²) in [5.74, 6) is -0.574. The summed E-state index contributed by atoms with van der Waals surface area (Å²) in [4.78, 5) is 11.7. The molecule has 0 aliphatic heterocycles. The summed E-state index contributed by atoms with van der Waals surface area (Å²) in [6, 6.07) is 0. The Morgan fingerprint density at radius 1 is 0.929 bits per heavy atom. The van der Waals surface area contributed by atoms with E-state index in [9.17, 15) is 9.90 Å². The summed E-state index contributed by atoms with van der Waals surface area (Å²) >= 11 is 0. The normalized spacial score (nSPS) is 13.5. The number of carbonyl (C=O) groups excluding carboxylic acids is 1. The van der Waals surface area contributed by atoms with Gasteiger partial charge in [-0.05, 0) is 38.5 Å². The van der Waals surface area contributed by atoms with E-state index >= 15 is 0 Å². The van der Waals surface area contributed by atoms with Crippen LogP contribution in [0.2, 0.25) is 0 Å². The molecule has 0 aromatic rings. The Bertz CT molecular complexity index is 433. The lowest BCUT2D eigenvalue weighted by Crippen LogP contribution is -2.58. The highest BCUT2D eigenvalue weighted by Crippen LogP contribution is 2.12. The van der Waals surface area contributed by atoms with Gasteiger partial charge >= 0.3 is 5.97 Å². The lowest BCUT2D eigenvalue weighted by Gasteiger charge is -2.29. The molecule has 0 aliphatic rings. The highest BCUT2D eigenvalue weighted by molar-refractivity contribution is 5.69. The molecule has 0 aromatic heterocycles. The predicted molar refractivity (Wildman–Crippen MR) is 113 cm³/mol. The van der Waals surface area contributed by atoms with Crippen LogP contribution in [0.3, 0.4) is 0 Å². The minimum atomic E-state index is -1.73. The van der Waals surface area contributed by atoms with Gasteiger partial charge in [-0.3, -0.25) is 4.79 Å². The average Bonchev–Trinajstić information content (AvgIpc) is 2.70. The zero-order chi connectivity index (χ0) is 21.1. The molecule has 0 bridgehead atoms. The van der Waals surface area contributed by atoms with E-state index in [0.29, 0.717) is 6.42 Å². The van der Waals surface area contributed by atoms with Crippen LogP contribution in [0.25, 0.3) is 0 Å². The van der Waals surface area contributed by atoms with Crippen molar-refractivity contribution in [1.82, 2.24) is 0 Å². The third-order valence-corrected chi connectivity index (χ3v) is 4.66. The van der Waals surface area contributed by atoms with Gasteiger partial charge in [-0.15, -0.1) is 0 Å². The fraction of sp³-hybridized carbons (Fsp3) is 0.773. The number of allylic oxidation sites excluding steroid dienone is 4. The minimum Gasteiger partial charge on any atom is -0.434 e. The maximum absolute atomic E-state index is 11.7. The minimum absolute atomic E-state index is 0.189. The number of aliphatic hydroxyl groups is 3. The quantitative estimate of drug-likeness (QED) is 0.122. The van der Waals surface area contributed by atoms with Gasteiger partial charge in [0.05, 0.1) is 13.2 Å². The summed E-state index contributed by atoms with van der Waals surface area (Å²) in [6.45, 7) is 0.861. The van der Waals surface area contributed by atoms with E-state index in [-0.39, 0.29) is 6.42 Å². The van der Waals surface area contributed by atoms with Crippen molar-refractivity contribution in [1.29, 1.82) is 0 Å². The first-order chi connectivity index (χ1) is 13.5. The summed E-state index contributed by atoms with van der Waals surface area (Å²) in [5, 5.41) is 27.7. The Labute approximate surface area is 170 Å². The van der Waals surface area contributed by atoms with Crippen molar-refractivity contribution < 1.29 is 24.9 Å². The van der Waals surface area contributed by atoms with E-state index in [1.807, 2.05) is 0 Å². The van der Waals surface area contributed by atoms with Crippen LogP contribution in [-0.4, -0.2) is 46.3 Å². The van der Waals surface area contributed by atoms with Gasteiger partial charge in [0.25, 0.3) is 0 Å². The Balaban J connectivity index is 3.56. The van der Waals surface area contributed by atoms with Gasteiger partial charge in [0, 0.05) is 6.42 Å². The summed E-state index contributed by atoms with van der Waals surface area (Å²) in [5.41, 5.74) is 3.81. The first-order valence-corrected chi connectivity index (χ1v) is 10.7. The monoisotopic (exact) mass is 399 g/mol. The van der Waals surface area contributed by atoms with E-state index in [1.54, 1.807) is 0 Å². The van der Waals surface area contributed by atoms with Crippen LogP contribution in [0.4, 0.5) is 0 Å². The van der Waals surface area contributed by atoms with Crippen LogP contribution in [0.5, 0.6) is 0 Å². The molecule has 0 aromatic carbocycles. The molecule has 0 fully saturated rings. The van der Waals surface area contributed by atoms with Crippen molar-refractivity contribution in [2.45, 2.75) is 95.8 Å². The van der Waals surface area contributed by atoms with Gasteiger partial charge < -0.3 is 25.8 Å². The van der Waals surface area contributed by atoms with E-state index in [4.69, 9.17) is 20.7 Å². The van der Waals surface area contributed by atoms with Crippen molar-refractivity contribution in [3.05, 3.63) is 24.3 Å². The second kappa shape index (κ2) is 17.9. The van der Waals surface area contributed by atoms with Crippen LogP contribution in [0.15, 0.2) is 24.3 Å². The number of nitrogens with two attached hydrogens (primary N) is 1. The highest BCUT2D eigenvalue weighted by atomic mass is 16.6. The van der Waals surface area contributed by atoms with E-state index in [2.05, 4.69) is 31.2 Å². The molecule has 0 amide bonds. The molecule has 0 spiro atoms. The fourth-order valence-electron chi connectivity index (χ4n) is 2.59. The van der Waals surface area contributed by atoms with Crippen molar-refractivity contribution in [3.63, 3.8) is 0 Å². The Morgan fingerprint density at radius 2 is 1.46 bits per heavy atom. The van der Waals surface area contributed by atoms with Gasteiger partial charge in [-0.25, -0.2) is 0 Å². The van der Waals surface area contributed by atoms with Crippen LogP contribution < -0.4 is 5.73 Å². The first kappa shape index (κ1) is 26.8. The summed E-state index contributed by atoms with van der Waals surface area (Å²) in [7, 11) is 0. The second-order valence-corrected chi connectivity index (χ2v) is 7.37. The van der Waals surface area contributed by atoms with Crippen LogP contribution in [0, 0.1) is 0 Å². The molecule has 0 aliphatic carbocycles. The van der Waals surface area contributed by atoms with Gasteiger partial charge in [0.1, 0.15) is 5.54 Å². The maximum atomic E-state index is 11.7. The molecule has 0 heterocycles. The van der Waals surface area contributed by atoms with Gasteiger partial charge in [0.15, 0.2) is 0 Å². The third kappa shape index (κ3) is 13.9. The Kier molecular flexibility index (Phi) is 17.1. The number of rotatable bonds is 18. The molecular formula is C22H41NO5. The van der Waals surface area contributed by atoms with Crippen LogP contribution >= 0.6 is 0 Å². The van der Waals surface area contributed by atoms with E-state index in [0.717, 1.165) is 38.5 Å². The van der Waals surface area contributed by atoms with Crippen LogP contribution in [-0.2, 0) is 9.53 Å². The van der Waals surface area contributed by atoms with Crippen LogP contribution in [0.1, 0.15) is 84.0 Å². The van der Waals surface area contributed by atoms with Crippen molar-refractivity contribution in [3.8, 4) is 0 Å². The zero-order valence-corrected chi connectivity index (χ0v) is 17.5. The molecule has 1 atom stereocenters. The Morgan fingerprint density at radius 3 is 2.04 bits per heavy atom. The molecule has 1 unspecified atom stereocenters. The van der Waals surface area contributed by atoms with Crippen molar-refractivity contribution >= 4 is 5.97 Å². The smallest absolute Gasteiger partial charge is 0.308 e. The maximum Gasteiger partial charge on any atom is 0.308 e. The largest absolute Gasteiger partial charge is 0.434 e. The average molecular weight is 400 g/mol. The molecule has 5 N–H and O–H groups in total. The molecule has 164 valence electrons. The molecule has 6 heteroatoms. The van der Waals surface area contributed by atoms with Gasteiger partial charge in [-0.1, -0.05) is 63.3 Å². The first-order valence-electron chi connectivity index (χ1n) is 10.7. The highest BCUT2D eigenvalue weighted by Gasteiger charge is 2.35. The molecule has 0 saturated carbocycles. The number of esters is 1. The van der Waals surface area contributed by atoms with Crippen molar-refractivity contribution in [2.75, 3.05) is 13.2 Å². The number of aliphatic hydroxyl groups excluding tert-OH is 3. The zero-order valence-electron chi connectivity index (χ0n) is 17.5. The lowest BCUT2D eigenvalue weighted by molar-refractivity contribution is -0.187. The van der Waals surface area contributed by atoms with E-state index < -0.39 is 31.0 Å². The number of hydrogen-bond donors (Lipinski definition) is 4. The summed E-state index contributed by atoms with van der Waals surface area (Å²) in [6.07, 6.45) is 19.5.